The predicted octanol–water partition coefficient (Wildman–Crippen LogP) is 1.63. The molecule has 1 rings (SSSR count). The van der Waals surface area contributed by atoms with Gasteiger partial charge >= 0.3 is 0 Å². The first kappa shape index (κ1) is 10.6. The number of hydrogen-bond acceptors (Lipinski definition) is 4. The van der Waals surface area contributed by atoms with Crippen molar-refractivity contribution >= 4 is 23.2 Å². The molecular formula is C8H8ClN3O2. The summed E-state index contributed by atoms with van der Waals surface area (Å²) in [5, 5.41) is 14.2. The molecular weight excluding hydrogens is 206 g/mol. The number of rotatable bonds is 3. The third-order valence-corrected chi connectivity index (χ3v) is 1.82. The van der Waals surface area contributed by atoms with Gasteiger partial charge in [0.15, 0.2) is 0 Å². The van der Waals surface area contributed by atoms with Crippen molar-refractivity contribution in [1.29, 1.82) is 5.53 Å². The van der Waals surface area contributed by atoms with Crippen molar-refractivity contribution < 1.29 is 9.90 Å². The summed E-state index contributed by atoms with van der Waals surface area (Å²) in [5.41, 5.74) is 6.82. The van der Waals surface area contributed by atoms with Crippen molar-refractivity contribution in [2.45, 2.75) is 6.23 Å². The molecule has 6 heteroatoms. The number of halogens is 1. The van der Waals surface area contributed by atoms with E-state index in [0.29, 0.717) is 10.7 Å². The molecule has 1 atom stereocenters. The molecule has 0 aliphatic rings. The van der Waals surface area contributed by atoms with Crippen LogP contribution in [-0.4, -0.2) is 17.2 Å². The smallest absolute Gasteiger partial charge is 0.278 e. The van der Waals surface area contributed by atoms with E-state index in [1.54, 1.807) is 24.3 Å². The summed E-state index contributed by atoms with van der Waals surface area (Å²) < 4.78 is 0. The molecule has 74 valence electrons. The van der Waals surface area contributed by atoms with E-state index >= 15 is 0 Å². The van der Waals surface area contributed by atoms with E-state index in [-0.39, 0.29) is 0 Å². The molecule has 1 unspecified atom stereocenters. The maximum absolute atomic E-state index is 11.1. The van der Waals surface area contributed by atoms with Crippen molar-refractivity contribution in [3.63, 3.8) is 0 Å². The highest BCUT2D eigenvalue weighted by atomic mass is 35.5. The van der Waals surface area contributed by atoms with Crippen LogP contribution in [0.4, 0.5) is 5.69 Å². The van der Waals surface area contributed by atoms with Crippen molar-refractivity contribution in [1.82, 2.24) is 0 Å². The first-order valence-corrected chi connectivity index (χ1v) is 4.13. The van der Waals surface area contributed by atoms with Crippen LogP contribution in [0.25, 0.3) is 0 Å². The Hall–Kier alpha value is -1.46. The third kappa shape index (κ3) is 2.51. The Labute approximate surface area is 85.2 Å². The quantitative estimate of drug-likeness (QED) is 0.667. The Morgan fingerprint density at radius 1 is 1.57 bits per heavy atom. The van der Waals surface area contributed by atoms with Crippen molar-refractivity contribution in [3.05, 3.63) is 29.3 Å². The number of para-hydroxylation sites is 1. The SMILES string of the molecule is N=NC(O)C(=O)Nc1ccccc1Cl. The lowest BCUT2D eigenvalue weighted by molar-refractivity contribution is -0.123. The van der Waals surface area contributed by atoms with Crippen LogP contribution in [0.2, 0.25) is 5.02 Å². The van der Waals surface area contributed by atoms with Crippen LogP contribution in [0.3, 0.4) is 0 Å². The van der Waals surface area contributed by atoms with E-state index < -0.39 is 12.1 Å². The van der Waals surface area contributed by atoms with E-state index in [1.165, 1.54) is 0 Å². The standard InChI is InChI=1S/C8H8ClN3O2/c9-5-3-1-2-4-6(5)11-7(13)8(14)12-10/h1-4,8,10,14H,(H,11,13). The molecule has 0 saturated carbocycles. The summed E-state index contributed by atoms with van der Waals surface area (Å²) in [7, 11) is 0. The van der Waals surface area contributed by atoms with E-state index in [9.17, 15) is 4.79 Å². The number of amides is 1. The average molecular weight is 214 g/mol. The molecule has 0 aliphatic heterocycles. The molecule has 0 bridgehead atoms. The first-order chi connectivity index (χ1) is 6.65. The van der Waals surface area contributed by atoms with Crippen molar-refractivity contribution in [2.24, 2.45) is 5.11 Å². The van der Waals surface area contributed by atoms with Crippen LogP contribution in [0, 0.1) is 5.53 Å². The van der Waals surface area contributed by atoms with Crippen LogP contribution in [0.1, 0.15) is 0 Å². The number of anilines is 1. The molecule has 1 aromatic rings. The molecule has 3 N–H and O–H groups in total. The second kappa shape index (κ2) is 4.69. The van der Waals surface area contributed by atoms with E-state index in [4.69, 9.17) is 22.2 Å². The van der Waals surface area contributed by atoms with Crippen molar-refractivity contribution in [2.75, 3.05) is 5.32 Å². The van der Waals surface area contributed by atoms with Gasteiger partial charge in [-0.3, -0.25) is 4.79 Å². The summed E-state index contributed by atoms with van der Waals surface area (Å²) in [5.74, 6) is -0.784. The Balaban J connectivity index is 2.74. The molecule has 0 aromatic heterocycles. The molecule has 0 aliphatic carbocycles. The molecule has 5 nitrogen and oxygen atoms in total. The highest BCUT2D eigenvalue weighted by Crippen LogP contribution is 2.20. The van der Waals surface area contributed by atoms with Gasteiger partial charge in [-0.1, -0.05) is 23.7 Å². The van der Waals surface area contributed by atoms with Gasteiger partial charge in [0.25, 0.3) is 5.91 Å². The fourth-order valence-electron chi connectivity index (χ4n) is 0.818. The van der Waals surface area contributed by atoms with Gasteiger partial charge in [0.05, 0.1) is 10.7 Å². The van der Waals surface area contributed by atoms with Crippen LogP contribution in [0.15, 0.2) is 29.4 Å². The van der Waals surface area contributed by atoms with Gasteiger partial charge in [0.2, 0.25) is 6.23 Å². The van der Waals surface area contributed by atoms with Crippen LogP contribution in [-0.2, 0) is 4.79 Å². The number of carbonyl (C=O) groups is 1. The fourth-order valence-corrected chi connectivity index (χ4v) is 1.00. The zero-order chi connectivity index (χ0) is 10.6. The van der Waals surface area contributed by atoms with Gasteiger partial charge in [0.1, 0.15) is 0 Å². The molecule has 1 aromatic carbocycles. The summed E-state index contributed by atoms with van der Waals surface area (Å²) in [6, 6.07) is 6.58. The zero-order valence-electron chi connectivity index (χ0n) is 7.07. The lowest BCUT2D eigenvalue weighted by Crippen LogP contribution is -2.25. The lowest BCUT2D eigenvalue weighted by Gasteiger charge is -2.07. The Kier molecular flexibility index (Phi) is 3.55. The molecule has 0 radical (unpaired) electrons. The highest BCUT2D eigenvalue weighted by Gasteiger charge is 2.13. The maximum atomic E-state index is 11.1. The number of aliphatic hydroxyl groups excluding tert-OH is 1. The minimum Gasteiger partial charge on any atom is -0.363 e. The summed E-state index contributed by atoms with van der Waals surface area (Å²) >= 11 is 5.74. The molecule has 0 fully saturated rings. The number of nitrogens with one attached hydrogen (secondary N) is 2. The van der Waals surface area contributed by atoms with E-state index in [1.807, 2.05) is 0 Å². The van der Waals surface area contributed by atoms with Gasteiger partial charge in [-0.2, -0.15) is 5.11 Å². The van der Waals surface area contributed by atoms with Gasteiger partial charge in [-0.15, -0.1) is 0 Å². The lowest BCUT2D eigenvalue weighted by atomic mass is 10.3. The number of benzene rings is 1. The first-order valence-electron chi connectivity index (χ1n) is 3.75. The van der Waals surface area contributed by atoms with E-state index in [0.717, 1.165) is 0 Å². The number of nitrogens with zero attached hydrogens (tertiary/aromatic N) is 1. The normalized spacial score (nSPS) is 11.9. The minimum atomic E-state index is -1.69. The minimum absolute atomic E-state index is 0.359. The summed E-state index contributed by atoms with van der Waals surface area (Å²) in [4.78, 5) is 11.1. The highest BCUT2D eigenvalue weighted by molar-refractivity contribution is 6.33. The monoisotopic (exact) mass is 213 g/mol. The van der Waals surface area contributed by atoms with Crippen LogP contribution < -0.4 is 5.32 Å². The van der Waals surface area contributed by atoms with Gasteiger partial charge in [-0.05, 0) is 12.1 Å². The zero-order valence-corrected chi connectivity index (χ0v) is 7.82. The Morgan fingerprint density at radius 2 is 2.21 bits per heavy atom. The van der Waals surface area contributed by atoms with Gasteiger partial charge < -0.3 is 10.4 Å². The Morgan fingerprint density at radius 3 is 2.79 bits per heavy atom. The fraction of sp³-hybridized carbons (Fsp3) is 0.125. The Bertz CT molecular complexity index is 356. The van der Waals surface area contributed by atoms with Crippen LogP contribution in [0.5, 0.6) is 0 Å². The summed E-state index contributed by atoms with van der Waals surface area (Å²) in [6.07, 6.45) is -1.69. The van der Waals surface area contributed by atoms with Crippen LogP contribution >= 0.6 is 11.6 Å². The number of carbonyl (C=O) groups excluding carboxylic acids is 1. The summed E-state index contributed by atoms with van der Waals surface area (Å²) in [6.45, 7) is 0. The second-order valence-corrected chi connectivity index (χ2v) is 2.88. The van der Waals surface area contributed by atoms with Gasteiger partial charge in [-0.25, -0.2) is 5.53 Å². The van der Waals surface area contributed by atoms with Crippen molar-refractivity contribution in [3.8, 4) is 0 Å². The average Bonchev–Trinajstić information content (AvgIpc) is 2.20. The topological polar surface area (TPSA) is 85.5 Å². The predicted molar refractivity (Wildman–Crippen MR) is 51.2 cm³/mol. The molecule has 0 saturated heterocycles. The van der Waals surface area contributed by atoms with E-state index in [2.05, 4.69) is 10.4 Å². The number of aliphatic hydroxyl groups is 1. The molecule has 1 amide bonds. The maximum Gasteiger partial charge on any atom is 0.278 e. The molecule has 14 heavy (non-hydrogen) atoms. The number of hydrogen-bond donors (Lipinski definition) is 3. The second-order valence-electron chi connectivity index (χ2n) is 2.47. The largest absolute Gasteiger partial charge is 0.363 e. The third-order valence-electron chi connectivity index (χ3n) is 1.49. The molecule has 0 heterocycles. The van der Waals surface area contributed by atoms with Gasteiger partial charge in [0, 0.05) is 0 Å². The molecule has 0 spiro atoms.